The van der Waals surface area contributed by atoms with Crippen LogP contribution in [0.25, 0.3) is 0 Å². The third kappa shape index (κ3) is 3.48. The van der Waals surface area contributed by atoms with Crippen LogP contribution in [0.3, 0.4) is 0 Å². The number of nitrogens with zero attached hydrogens (tertiary/aromatic N) is 2. The van der Waals surface area contributed by atoms with E-state index in [2.05, 4.69) is 33.0 Å². The summed E-state index contributed by atoms with van der Waals surface area (Å²) >= 11 is 3.43. The lowest BCUT2D eigenvalue weighted by Gasteiger charge is -2.42. The van der Waals surface area contributed by atoms with Gasteiger partial charge in [0, 0.05) is 36.2 Å². The highest BCUT2D eigenvalue weighted by molar-refractivity contribution is 9.10. The van der Waals surface area contributed by atoms with Gasteiger partial charge in [-0.1, -0.05) is 28.1 Å². The molecule has 5 heteroatoms. The standard InChI is InChI=1S/C14H19BrN2O2/c1-10-7-16(8-11(2)17(10)14(18)19)9-12-3-5-13(15)6-4-12/h3-6,10-11H,7-9H2,1-2H3,(H,18,19)/t10-,11+. The smallest absolute Gasteiger partial charge is 0.407 e. The van der Waals surface area contributed by atoms with E-state index >= 15 is 0 Å². The molecule has 0 unspecified atom stereocenters. The van der Waals surface area contributed by atoms with Crippen LogP contribution in [-0.4, -0.2) is 46.2 Å². The minimum Gasteiger partial charge on any atom is -0.465 e. The first kappa shape index (κ1) is 14.3. The van der Waals surface area contributed by atoms with Gasteiger partial charge >= 0.3 is 6.09 Å². The Labute approximate surface area is 122 Å². The Hall–Kier alpha value is -1.07. The van der Waals surface area contributed by atoms with Crippen LogP contribution in [0.5, 0.6) is 0 Å². The summed E-state index contributed by atoms with van der Waals surface area (Å²) < 4.78 is 1.08. The Morgan fingerprint density at radius 3 is 2.26 bits per heavy atom. The number of rotatable bonds is 2. The highest BCUT2D eigenvalue weighted by Crippen LogP contribution is 2.19. The molecule has 1 aliphatic rings. The van der Waals surface area contributed by atoms with Crippen LogP contribution in [-0.2, 0) is 6.54 Å². The van der Waals surface area contributed by atoms with Crippen molar-refractivity contribution in [2.45, 2.75) is 32.5 Å². The van der Waals surface area contributed by atoms with E-state index in [1.54, 1.807) is 4.90 Å². The maximum Gasteiger partial charge on any atom is 0.407 e. The first-order chi connectivity index (χ1) is 8.97. The maximum atomic E-state index is 11.2. The molecule has 2 atom stereocenters. The summed E-state index contributed by atoms with van der Waals surface area (Å²) in [4.78, 5) is 15.1. The van der Waals surface area contributed by atoms with E-state index in [1.807, 2.05) is 26.0 Å². The Balaban J connectivity index is 2.00. The molecule has 0 radical (unpaired) electrons. The fourth-order valence-corrected chi connectivity index (χ4v) is 3.05. The normalized spacial score (nSPS) is 24.5. The Kier molecular flexibility index (Phi) is 4.47. The molecule has 1 fully saturated rings. The van der Waals surface area contributed by atoms with Crippen LogP contribution in [0.1, 0.15) is 19.4 Å². The van der Waals surface area contributed by atoms with Gasteiger partial charge in [-0.15, -0.1) is 0 Å². The summed E-state index contributed by atoms with van der Waals surface area (Å²) in [7, 11) is 0. The molecule has 0 aromatic heterocycles. The highest BCUT2D eigenvalue weighted by atomic mass is 79.9. The van der Waals surface area contributed by atoms with Gasteiger partial charge in [-0.3, -0.25) is 4.90 Å². The van der Waals surface area contributed by atoms with Gasteiger partial charge in [0.25, 0.3) is 0 Å². The van der Waals surface area contributed by atoms with E-state index in [0.717, 1.165) is 24.1 Å². The predicted octanol–water partition coefficient (Wildman–Crippen LogP) is 3.02. The van der Waals surface area contributed by atoms with E-state index < -0.39 is 6.09 Å². The summed E-state index contributed by atoms with van der Waals surface area (Å²) in [5.41, 5.74) is 1.26. The number of amides is 1. The van der Waals surface area contributed by atoms with Gasteiger partial charge in [-0.25, -0.2) is 4.79 Å². The summed E-state index contributed by atoms with van der Waals surface area (Å²) in [6.45, 7) is 6.38. The average molecular weight is 327 g/mol. The number of hydrogen-bond donors (Lipinski definition) is 1. The second kappa shape index (κ2) is 5.92. The molecule has 1 heterocycles. The number of hydrogen-bond acceptors (Lipinski definition) is 2. The molecule has 4 nitrogen and oxygen atoms in total. The van der Waals surface area contributed by atoms with E-state index in [9.17, 15) is 9.90 Å². The minimum absolute atomic E-state index is 0.0386. The lowest BCUT2D eigenvalue weighted by molar-refractivity contribution is 0.0381. The summed E-state index contributed by atoms with van der Waals surface area (Å²) in [5, 5.41) is 9.19. The van der Waals surface area contributed by atoms with Crippen LogP contribution < -0.4 is 0 Å². The molecule has 1 saturated heterocycles. The van der Waals surface area contributed by atoms with E-state index in [0.29, 0.717) is 0 Å². The predicted molar refractivity (Wildman–Crippen MR) is 78.2 cm³/mol. The van der Waals surface area contributed by atoms with Crippen LogP contribution >= 0.6 is 15.9 Å². The summed E-state index contributed by atoms with van der Waals surface area (Å²) in [5.74, 6) is 0. The highest BCUT2D eigenvalue weighted by Gasteiger charge is 2.32. The Morgan fingerprint density at radius 1 is 1.26 bits per heavy atom. The van der Waals surface area contributed by atoms with E-state index in [4.69, 9.17) is 0 Å². The molecule has 0 spiro atoms. The third-order valence-electron chi connectivity index (χ3n) is 3.53. The van der Waals surface area contributed by atoms with E-state index in [-0.39, 0.29) is 12.1 Å². The molecule has 104 valence electrons. The van der Waals surface area contributed by atoms with Crippen molar-refractivity contribution in [1.29, 1.82) is 0 Å². The quantitative estimate of drug-likeness (QED) is 0.908. The fourth-order valence-electron chi connectivity index (χ4n) is 2.79. The van der Waals surface area contributed by atoms with Crippen LogP contribution in [0.15, 0.2) is 28.7 Å². The van der Waals surface area contributed by atoms with Gasteiger partial charge in [0.2, 0.25) is 0 Å². The van der Waals surface area contributed by atoms with Crippen molar-refractivity contribution in [1.82, 2.24) is 9.80 Å². The number of benzene rings is 1. The SMILES string of the molecule is C[C@@H]1CN(Cc2ccc(Br)cc2)C[C@H](C)N1C(=O)O. The third-order valence-corrected chi connectivity index (χ3v) is 4.06. The van der Waals surface area contributed by atoms with Gasteiger partial charge < -0.3 is 10.0 Å². The molecule has 1 N–H and O–H groups in total. The maximum absolute atomic E-state index is 11.2. The van der Waals surface area contributed by atoms with Crippen molar-refractivity contribution in [3.63, 3.8) is 0 Å². The number of carboxylic acid groups (broad SMARTS) is 1. The number of piperazine rings is 1. The van der Waals surface area contributed by atoms with Crippen molar-refractivity contribution < 1.29 is 9.90 Å². The molecule has 0 bridgehead atoms. The molecule has 19 heavy (non-hydrogen) atoms. The number of carbonyl (C=O) groups is 1. The van der Waals surface area contributed by atoms with Gasteiger partial charge in [-0.2, -0.15) is 0 Å². The lowest BCUT2D eigenvalue weighted by Crippen LogP contribution is -2.57. The van der Waals surface area contributed by atoms with Crippen LogP contribution in [0, 0.1) is 0 Å². The largest absolute Gasteiger partial charge is 0.465 e. The molecule has 1 aromatic carbocycles. The zero-order valence-electron chi connectivity index (χ0n) is 11.2. The summed E-state index contributed by atoms with van der Waals surface area (Å²) in [6.07, 6.45) is -0.816. The van der Waals surface area contributed by atoms with Crippen LogP contribution in [0.2, 0.25) is 0 Å². The van der Waals surface area contributed by atoms with Gasteiger partial charge in [0.15, 0.2) is 0 Å². The van der Waals surface area contributed by atoms with Crippen molar-refractivity contribution in [3.05, 3.63) is 34.3 Å². The molecule has 1 amide bonds. The summed E-state index contributed by atoms with van der Waals surface area (Å²) in [6, 6.07) is 8.35. The topological polar surface area (TPSA) is 43.8 Å². The van der Waals surface area contributed by atoms with Crippen molar-refractivity contribution >= 4 is 22.0 Å². The number of halogens is 1. The first-order valence-electron chi connectivity index (χ1n) is 6.45. The average Bonchev–Trinajstić information content (AvgIpc) is 2.30. The molecule has 2 rings (SSSR count). The van der Waals surface area contributed by atoms with Crippen LogP contribution in [0.4, 0.5) is 4.79 Å². The monoisotopic (exact) mass is 326 g/mol. The minimum atomic E-state index is -0.816. The zero-order chi connectivity index (χ0) is 14.0. The second-order valence-electron chi connectivity index (χ2n) is 5.21. The molecular weight excluding hydrogens is 308 g/mol. The zero-order valence-corrected chi connectivity index (χ0v) is 12.8. The second-order valence-corrected chi connectivity index (χ2v) is 6.12. The Bertz CT molecular complexity index is 437. The van der Waals surface area contributed by atoms with E-state index in [1.165, 1.54) is 5.56 Å². The van der Waals surface area contributed by atoms with Gasteiger partial charge in [0.05, 0.1) is 0 Å². The fraction of sp³-hybridized carbons (Fsp3) is 0.500. The molecule has 1 aromatic rings. The molecule has 1 aliphatic heterocycles. The molecule has 0 saturated carbocycles. The Morgan fingerprint density at radius 2 is 1.79 bits per heavy atom. The van der Waals surface area contributed by atoms with Gasteiger partial charge in [-0.05, 0) is 31.5 Å². The van der Waals surface area contributed by atoms with Crippen molar-refractivity contribution in [2.24, 2.45) is 0 Å². The van der Waals surface area contributed by atoms with Crippen molar-refractivity contribution in [3.8, 4) is 0 Å². The first-order valence-corrected chi connectivity index (χ1v) is 7.24. The van der Waals surface area contributed by atoms with Gasteiger partial charge in [0.1, 0.15) is 0 Å². The lowest BCUT2D eigenvalue weighted by atomic mass is 10.1. The molecule has 0 aliphatic carbocycles. The van der Waals surface area contributed by atoms with Crippen molar-refractivity contribution in [2.75, 3.05) is 13.1 Å². The molecular formula is C14H19BrN2O2.